The molecular weight excluding hydrogens is 293 g/mol. The molecule has 4 heteroatoms. The lowest BCUT2D eigenvalue weighted by Gasteiger charge is -2.18. The lowest BCUT2D eigenvalue weighted by Crippen LogP contribution is -2.24. The zero-order valence-electron chi connectivity index (χ0n) is 12.8. The Morgan fingerprint density at radius 2 is 2.04 bits per heavy atom. The summed E-state index contributed by atoms with van der Waals surface area (Å²) in [6, 6.07) is 12.0. The molecule has 1 N–H and O–H groups in total. The van der Waals surface area contributed by atoms with Gasteiger partial charge in [-0.15, -0.1) is 0 Å². The third kappa shape index (κ3) is 2.97. The van der Waals surface area contributed by atoms with Crippen LogP contribution >= 0.6 is 0 Å². The molecule has 2 aromatic carbocycles. The second-order valence-corrected chi connectivity index (χ2v) is 5.62. The Morgan fingerprint density at radius 1 is 1.26 bits per heavy atom. The van der Waals surface area contributed by atoms with E-state index in [0.717, 1.165) is 22.9 Å². The van der Waals surface area contributed by atoms with E-state index in [1.54, 1.807) is 12.1 Å². The Hall–Kier alpha value is -2.62. The van der Waals surface area contributed by atoms with E-state index in [-0.39, 0.29) is 12.2 Å². The molecule has 1 atom stereocenters. The van der Waals surface area contributed by atoms with Crippen molar-refractivity contribution in [1.29, 1.82) is 0 Å². The van der Waals surface area contributed by atoms with E-state index in [1.165, 1.54) is 17.7 Å². The van der Waals surface area contributed by atoms with Crippen LogP contribution in [0.15, 0.2) is 48.7 Å². The highest BCUT2D eigenvalue weighted by molar-refractivity contribution is 5.87. The van der Waals surface area contributed by atoms with Crippen LogP contribution in [0.25, 0.3) is 10.9 Å². The fraction of sp³-hybridized carbons (Fsp3) is 0.211. The molecule has 0 spiro atoms. The highest BCUT2D eigenvalue weighted by Crippen LogP contribution is 2.34. The molecule has 3 rings (SSSR count). The first-order valence-electron chi connectivity index (χ1n) is 7.64. The number of nitrogens with one attached hydrogen (secondary N) is 1. The van der Waals surface area contributed by atoms with Gasteiger partial charge in [0.25, 0.3) is 0 Å². The van der Waals surface area contributed by atoms with E-state index in [0.29, 0.717) is 5.56 Å². The number of aromatic amines is 1. The number of benzene rings is 2. The Kier molecular flexibility index (Phi) is 4.15. The molecule has 0 bridgehead atoms. The summed E-state index contributed by atoms with van der Waals surface area (Å²) >= 11 is 0. The number of hydrogen-bond acceptors (Lipinski definition) is 2. The highest BCUT2D eigenvalue weighted by Gasteiger charge is 2.19. The number of H-pyrrole nitrogens is 1. The van der Waals surface area contributed by atoms with Crippen molar-refractivity contribution in [3.8, 4) is 0 Å². The number of carboxylic acid groups (broad SMARTS) is 1. The molecule has 0 radical (unpaired) electrons. The summed E-state index contributed by atoms with van der Waals surface area (Å²) in [6.07, 6.45) is 2.51. The van der Waals surface area contributed by atoms with Gasteiger partial charge in [0.05, 0.1) is 0 Å². The molecule has 1 heterocycles. The highest BCUT2D eigenvalue weighted by atomic mass is 19.1. The lowest BCUT2D eigenvalue weighted by atomic mass is 9.88. The van der Waals surface area contributed by atoms with Gasteiger partial charge in [0.1, 0.15) is 5.82 Å². The van der Waals surface area contributed by atoms with Crippen molar-refractivity contribution in [3.05, 3.63) is 71.2 Å². The van der Waals surface area contributed by atoms with E-state index in [4.69, 9.17) is 0 Å². The van der Waals surface area contributed by atoms with Crippen LogP contribution in [-0.2, 0) is 11.2 Å². The van der Waals surface area contributed by atoms with Crippen LogP contribution in [0.3, 0.4) is 0 Å². The molecule has 0 unspecified atom stereocenters. The quantitative estimate of drug-likeness (QED) is 0.787. The second kappa shape index (κ2) is 6.24. The number of carboxylic acids is 1. The van der Waals surface area contributed by atoms with Crippen molar-refractivity contribution in [2.75, 3.05) is 0 Å². The van der Waals surface area contributed by atoms with E-state index in [1.807, 2.05) is 24.4 Å². The summed E-state index contributed by atoms with van der Waals surface area (Å²) in [5, 5.41) is 12.2. The zero-order valence-corrected chi connectivity index (χ0v) is 12.8. The number of para-hydroxylation sites is 1. The van der Waals surface area contributed by atoms with E-state index < -0.39 is 11.9 Å². The molecule has 23 heavy (non-hydrogen) atoms. The van der Waals surface area contributed by atoms with E-state index in [9.17, 15) is 14.3 Å². The molecule has 0 aliphatic carbocycles. The first-order chi connectivity index (χ1) is 11.1. The third-order valence-corrected chi connectivity index (χ3v) is 4.21. The van der Waals surface area contributed by atoms with Crippen molar-refractivity contribution in [2.24, 2.45) is 0 Å². The van der Waals surface area contributed by atoms with Gasteiger partial charge in [0.15, 0.2) is 0 Å². The summed E-state index contributed by atoms with van der Waals surface area (Å²) in [6.45, 7) is 2.07. The average molecular weight is 310 g/mol. The lowest BCUT2D eigenvalue weighted by molar-refractivity contribution is -0.305. The molecule has 3 aromatic rings. The predicted octanol–water partition coefficient (Wildman–Crippen LogP) is 3.14. The van der Waals surface area contributed by atoms with Crippen LogP contribution < -0.4 is 5.11 Å². The second-order valence-electron chi connectivity index (χ2n) is 5.62. The van der Waals surface area contributed by atoms with E-state index >= 15 is 0 Å². The Morgan fingerprint density at radius 3 is 2.74 bits per heavy atom. The minimum Gasteiger partial charge on any atom is -0.550 e. The Bertz CT molecular complexity index is 853. The first-order valence-corrected chi connectivity index (χ1v) is 7.64. The van der Waals surface area contributed by atoms with Gasteiger partial charge in [-0.25, -0.2) is 4.39 Å². The van der Waals surface area contributed by atoms with Crippen molar-refractivity contribution in [3.63, 3.8) is 0 Å². The number of aromatic nitrogens is 1. The molecule has 0 aliphatic rings. The predicted molar refractivity (Wildman–Crippen MR) is 85.5 cm³/mol. The van der Waals surface area contributed by atoms with Crippen molar-refractivity contribution in [1.82, 2.24) is 4.98 Å². The Balaban J connectivity index is 2.16. The van der Waals surface area contributed by atoms with Gasteiger partial charge in [-0.05, 0) is 41.7 Å². The topological polar surface area (TPSA) is 55.9 Å². The van der Waals surface area contributed by atoms with E-state index in [2.05, 4.69) is 11.9 Å². The van der Waals surface area contributed by atoms with Gasteiger partial charge in [-0.2, -0.15) is 0 Å². The standard InChI is InChI=1S/C19H18FNO2/c1-2-12-5-4-8-15-17(11-21-19(12)15)16(10-18(22)23)13-6-3-7-14(20)9-13/h3-9,11,16,21H,2,10H2,1H3,(H,22,23)/p-1/t16-/m1/s1. The maximum atomic E-state index is 13.6. The number of carbonyl (C=O) groups is 1. The van der Waals surface area contributed by atoms with Crippen LogP contribution in [0.4, 0.5) is 4.39 Å². The molecular formula is C19H17FNO2-. The molecule has 0 saturated carbocycles. The summed E-state index contributed by atoms with van der Waals surface area (Å²) in [4.78, 5) is 14.4. The van der Waals surface area contributed by atoms with Crippen LogP contribution in [0, 0.1) is 5.82 Å². The normalized spacial score (nSPS) is 12.4. The summed E-state index contributed by atoms with van der Waals surface area (Å²) < 4.78 is 13.6. The fourth-order valence-corrected chi connectivity index (χ4v) is 3.12. The van der Waals surface area contributed by atoms with Gasteiger partial charge in [-0.1, -0.05) is 37.3 Å². The van der Waals surface area contributed by atoms with Crippen LogP contribution in [0.1, 0.15) is 36.0 Å². The van der Waals surface area contributed by atoms with Crippen molar-refractivity contribution < 1.29 is 14.3 Å². The van der Waals surface area contributed by atoms with Gasteiger partial charge in [0, 0.05) is 29.0 Å². The minimum atomic E-state index is -1.15. The van der Waals surface area contributed by atoms with Crippen molar-refractivity contribution in [2.45, 2.75) is 25.7 Å². The van der Waals surface area contributed by atoms with Gasteiger partial charge in [-0.3, -0.25) is 0 Å². The first kappa shape index (κ1) is 15.3. The molecule has 118 valence electrons. The SMILES string of the molecule is CCc1cccc2c([C@H](CC(=O)[O-])c3cccc(F)c3)c[nH]c12. The van der Waals surface area contributed by atoms with Gasteiger partial charge < -0.3 is 14.9 Å². The molecule has 0 amide bonds. The number of hydrogen-bond donors (Lipinski definition) is 1. The maximum Gasteiger partial charge on any atom is 0.123 e. The van der Waals surface area contributed by atoms with Crippen LogP contribution in [0.5, 0.6) is 0 Å². The zero-order chi connectivity index (χ0) is 16.4. The smallest absolute Gasteiger partial charge is 0.123 e. The minimum absolute atomic E-state index is 0.188. The summed E-state index contributed by atoms with van der Waals surface area (Å²) in [5.74, 6) is -1.98. The Labute approximate surface area is 133 Å². The summed E-state index contributed by atoms with van der Waals surface area (Å²) in [7, 11) is 0. The van der Waals surface area contributed by atoms with Gasteiger partial charge in [0.2, 0.25) is 0 Å². The molecule has 0 aliphatic heterocycles. The number of fused-ring (bicyclic) bond motifs is 1. The molecule has 0 fully saturated rings. The number of carbonyl (C=O) groups excluding carboxylic acids is 1. The fourth-order valence-electron chi connectivity index (χ4n) is 3.12. The third-order valence-electron chi connectivity index (χ3n) is 4.21. The molecule has 1 aromatic heterocycles. The maximum absolute atomic E-state index is 13.6. The number of aryl methyl sites for hydroxylation is 1. The molecule has 3 nitrogen and oxygen atoms in total. The molecule has 0 saturated heterocycles. The summed E-state index contributed by atoms with van der Waals surface area (Å²) in [5.41, 5.74) is 3.66. The average Bonchev–Trinajstić information content (AvgIpc) is 2.96. The largest absolute Gasteiger partial charge is 0.550 e. The number of rotatable bonds is 5. The van der Waals surface area contributed by atoms with Crippen LogP contribution in [-0.4, -0.2) is 11.0 Å². The van der Waals surface area contributed by atoms with Crippen LogP contribution in [0.2, 0.25) is 0 Å². The van der Waals surface area contributed by atoms with Gasteiger partial charge >= 0.3 is 0 Å². The number of aliphatic carboxylic acids is 1. The van der Waals surface area contributed by atoms with Crippen molar-refractivity contribution >= 4 is 16.9 Å². The number of halogens is 1. The monoisotopic (exact) mass is 310 g/mol.